The Hall–Kier alpha value is -2.63. The van der Waals surface area contributed by atoms with Gasteiger partial charge in [-0.15, -0.1) is 0 Å². The van der Waals surface area contributed by atoms with Gasteiger partial charge in [0.15, 0.2) is 6.29 Å². The van der Waals surface area contributed by atoms with Crippen molar-refractivity contribution in [2.24, 2.45) is 0 Å². The number of aromatic nitrogens is 2. The summed E-state index contributed by atoms with van der Waals surface area (Å²) in [5.74, 6) is 0. The zero-order valence-electron chi connectivity index (χ0n) is 13.2. The minimum Gasteiger partial charge on any atom is -0.296 e. The van der Waals surface area contributed by atoms with Crippen LogP contribution in [0.15, 0.2) is 36.4 Å². The average Bonchev–Trinajstić information content (AvgIpc) is 2.86. The topological polar surface area (TPSA) is 34.9 Å². The molecule has 124 valence electrons. The number of rotatable bonds is 3. The van der Waals surface area contributed by atoms with Crippen LogP contribution in [0.5, 0.6) is 0 Å². The fourth-order valence-electron chi connectivity index (χ4n) is 2.77. The number of alkyl halides is 3. The Morgan fingerprint density at radius 2 is 1.88 bits per heavy atom. The molecule has 0 aliphatic rings. The van der Waals surface area contributed by atoms with E-state index in [1.54, 1.807) is 0 Å². The van der Waals surface area contributed by atoms with Gasteiger partial charge >= 0.3 is 6.18 Å². The number of halogens is 3. The minimum atomic E-state index is -4.44. The van der Waals surface area contributed by atoms with Crippen molar-refractivity contribution < 1.29 is 18.0 Å². The third-order valence-corrected chi connectivity index (χ3v) is 4.04. The first-order valence-corrected chi connectivity index (χ1v) is 7.38. The molecular formula is C18H15F3N2O. The predicted molar refractivity (Wildman–Crippen MR) is 85.1 cm³/mol. The molecule has 0 aliphatic carbocycles. The van der Waals surface area contributed by atoms with Crippen LogP contribution in [0, 0.1) is 13.8 Å². The Labute approximate surface area is 136 Å². The first kappa shape index (κ1) is 16.2. The van der Waals surface area contributed by atoms with E-state index in [0.717, 1.165) is 28.8 Å². The highest BCUT2D eigenvalue weighted by atomic mass is 19.4. The molecule has 3 nitrogen and oxygen atoms in total. The highest BCUT2D eigenvalue weighted by Crippen LogP contribution is 2.32. The third-order valence-electron chi connectivity index (χ3n) is 4.04. The largest absolute Gasteiger partial charge is 0.416 e. The first-order valence-electron chi connectivity index (χ1n) is 7.38. The summed E-state index contributed by atoms with van der Waals surface area (Å²) in [4.78, 5) is 11.2. The molecule has 0 amide bonds. The first-order chi connectivity index (χ1) is 11.3. The monoisotopic (exact) mass is 332 g/mol. The molecule has 1 heterocycles. The summed E-state index contributed by atoms with van der Waals surface area (Å²) < 4.78 is 40.4. The number of fused-ring (bicyclic) bond motifs is 1. The van der Waals surface area contributed by atoms with Gasteiger partial charge in [0.1, 0.15) is 5.69 Å². The maximum Gasteiger partial charge on any atom is 0.416 e. The summed E-state index contributed by atoms with van der Waals surface area (Å²) in [5.41, 5.74) is 2.76. The average molecular weight is 332 g/mol. The summed E-state index contributed by atoms with van der Waals surface area (Å²) in [6.45, 7) is 4.22. The number of hydrogen-bond acceptors (Lipinski definition) is 2. The molecule has 0 radical (unpaired) electrons. The fourth-order valence-corrected chi connectivity index (χ4v) is 2.77. The van der Waals surface area contributed by atoms with Crippen molar-refractivity contribution in [1.29, 1.82) is 0 Å². The molecule has 2 aromatic carbocycles. The molecule has 6 heteroatoms. The number of hydrogen-bond donors (Lipinski definition) is 0. The van der Waals surface area contributed by atoms with E-state index in [1.165, 1.54) is 10.7 Å². The lowest BCUT2D eigenvalue weighted by molar-refractivity contribution is -0.137. The lowest BCUT2D eigenvalue weighted by Crippen LogP contribution is -2.07. The quantitative estimate of drug-likeness (QED) is 0.660. The van der Waals surface area contributed by atoms with Crippen LogP contribution in [0.3, 0.4) is 0 Å². The Morgan fingerprint density at radius 1 is 1.12 bits per heavy atom. The second-order valence-corrected chi connectivity index (χ2v) is 5.82. The molecule has 0 N–H and O–H groups in total. The number of carbonyl (C=O) groups excluding carboxylic acids is 1. The van der Waals surface area contributed by atoms with E-state index in [0.29, 0.717) is 23.7 Å². The SMILES string of the molecule is Cc1ccc(Cn2nc(C=O)c3ccc(C(F)(F)F)cc32)c(C)c1. The normalized spacial score (nSPS) is 11.9. The summed E-state index contributed by atoms with van der Waals surface area (Å²) in [7, 11) is 0. The molecule has 0 unspecified atom stereocenters. The third kappa shape index (κ3) is 2.91. The molecule has 0 fully saturated rings. The second kappa shape index (κ2) is 5.78. The van der Waals surface area contributed by atoms with Crippen LogP contribution in [-0.4, -0.2) is 16.1 Å². The van der Waals surface area contributed by atoms with Gasteiger partial charge in [-0.25, -0.2) is 0 Å². The second-order valence-electron chi connectivity index (χ2n) is 5.82. The van der Waals surface area contributed by atoms with Crippen LogP contribution in [-0.2, 0) is 12.7 Å². The predicted octanol–water partition coefficient (Wildman–Crippen LogP) is 4.53. The maximum atomic E-state index is 13.0. The van der Waals surface area contributed by atoms with Gasteiger partial charge in [-0.3, -0.25) is 9.48 Å². The van der Waals surface area contributed by atoms with Gasteiger partial charge in [-0.2, -0.15) is 18.3 Å². The van der Waals surface area contributed by atoms with E-state index in [9.17, 15) is 18.0 Å². The summed E-state index contributed by atoms with van der Waals surface area (Å²) >= 11 is 0. The Balaban J connectivity index is 2.14. The van der Waals surface area contributed by atoms with E-state index in [1.807, 2.05) is 32.0 Å². The zero-order chi connectivity index (χ0) is 17.5. The van der Waals surface area contributed by atoms with Gasteiger partial charge < -0.3 is 0 Å². The Bertz CT molecular complexity index is 926. The van der Waals surface area contributed by atoms with Crippen LogP contribution in [0.2, 0.25) is 0 Å². The Morgan fingerprint density at radius 3 is 2.50 bits per heavy atom. The van der Waals surface area contributed by atoms with E-state index >= 15 is 0 Å². The number of carbonyl (C=O) groups is 1. The van der Waals surface area contributed by atoms with Crippen molar-refractivity contribution in [3.8, 4) is 0 Å². The van der Waals surface area contributed by atoms with Crippen molar-refractivity contribution in [3.63, 3.8) is 0 Å². The highest BCUT2D eigenvalue weighted by molar-refractivity contribution is 5.95. The van der Waals surface area contributed by atoms with E-state index in [4.69, 9.17) is 0 Å². The summed E-state index contributed by atoms with van der Waals surface area (Å²) in [6.07, 6.45) is -3.88. The molecular weight excluding hydrogens is 317 g/mol. The van der Waals surface area contributed by atoms with Gasteiger partial charge in [0, 0.05) is 5.39 Å². The van der Waals surface area contributed by atoms with Gasteiger partial charge in [-0.1, -0.05) is 23.8 Å². The molecule has 1 aromatic heterocycles. The van der Waals surface area contributed by atoms with Gasteiger partial charge in [0.2, 0.25) is 0 Å². The number of benzene rings is 2. The van der Waals surface area contributed by atoms with E-state index in [2.05, 4.69) is 5.10 Å². The van der Waals surface area contributed by atoms with Gasteiger partial charge in [0.25, 0.3) is 0 Å². The van der Waals surface area contributed by atoms with Crippen LogP contribution in [0.1, 0.15) is 32.7 Å². The molecule has 0 saturated heterocycles. The summed E-state index contributed by atoms with van der Waals surface area (Å²) in [5, 5.41) is 4.59. The fraction of sp³-hybridized carbons (Fsp3) is 0.222. The highest BCUT2D eigenvalue weighted by Gasteiger charge is 2.31. The lowest BCUT2D eigenvalue weighted by Gasteiger charge is -2.10. The van der Waals surface area contributed by atoms with Crippen molar-refractivity contribution in [3.05, 3.63) is 64.3 Å². The van der Waals surface area contributed by atoms with Gasteiger partial charge in [0.05, 0.1) is 17.6 Å². The van der Waals surface area contributed by atoms with Crippen molar-refractivity contribution >= 4 is 17.2 Å². The zero-order valence-corrected chi connectivity index (χ0v) is 13.2. The summed E-state index contributed by atoms with van der Waals surface area (Å²) in [6, 6.07) is 9.18. The van der Waals surface area contributed by atoms with Crippen LogP contribution in [0.25, 0.3) is 10.9 Å². The smallest absolute Gasteiger partial charge is 0.296 e. The molecule has 0 saturated carbocycles. The molecule has 0 spiro atoms. The van der Waals surface area contributed by atoms with Crippen LogP contribution in [0.4, 0.5) is 13.2 Å². The van der Waals surface area contributed by atoms with Crippen molar-refractivity contribution in [2.75, 3.05) is 0 Å². The van der Waals surface area contributed by atoms with Crippen molar-refractivity contribution in [2.45, 2.75) is 26.6 Å². The number of aryl methyl sites for hydroxylation is 2. The molecule has 24 heavy (non-hydrogen) atoms. The van der Waals surface area contributed by atoms with E-state index in [-0.39, 0.29) is 5.69 Å². The molecule has 3 aromatic rings. The van der Waals surface area contributed by atoms with Crippen LogP contribution >= 0.6 is 0 Å². The standard InChI is InChI=1S/C18H15F3N2O/c1-11-3-4-13(12(2)7-11)9-23-17-8-14(18(19,20)21)5-6-15(17)16(10-24)22-23/h3-8,10H,9H2,1-2H3. The molecule has 0 atom stereocenters. The van der Waals surface area contributed by atoms with Crippen molar-refractivity contribution in [1.82, 2.24) is 9.78 Å². The molecule has 0 bridgehead atoms. The van der Waals surface area contributed by atoms with E-state index < -0.39 is 11.7 Å². The Kier molecular flexibility index (Phi) is 3.91. The number of aldehydes is 1. The molecule has 3 rings (SSSR count). The number of nitrogens with zero attached hydrogens (tertiary/aromatic N) is 2. The minimum absolute atomic E-state index is 0.142. The lowest BCUT2D eigenvalue weighted by atomic mass is 10.1. The van der Waals surface area contributed by atoms with Gasteiger partial charge in [-0.05, 0) is 43.2 Å². The molecule has 0 aliphatic heterocycles. The van der Waals surface area contributed by atoms with Crippen LogP contribution < -0.4 is 0 Å². The maximum absolute atomic E-state index is 13.0.